The normalized spacial score (nSPS) is 15.0. The Hall–Kier alpha value is -2.47. The van der Waals surface area contributed by atoms with Crippen molar-refractivity contribution in [1.29, 1.82) is 0 Å². The number of benzene rings is 1. The molecular formula is C18H22N4O2. The number of amides is 1. The third-order valence-corrected chi connectivity index (χ3v) is 4.14. The zero-order valence-electron chi connectivity index (χ0n) is 13.8. The fraction of sp³-hybridized carbons (Fsp3) is 0.389. The van der Waals surface area contributed by atoms with Crippen molar-refractivity contribution in [2.75, 3.05) is 23.8 Å². The van der Waals surface area contributed by atoms with Gasteiger partial charge in [-0.1, -0.05) is 19.1 Å². The van der Waals surface area contributed by atoms with Crippen molar-refractivity contribution in [2.24, 2.45) is 5.92 Å². The summed E-state index contributed by atoms with van der Waals surface area (Å²) in [4.78, 5) is 12.2. The molecule has 126 valence electrons. The molecule has 0 aliphatic carbocycles. The van der Waals surface area contributed by atoms with Crippen molar-refractivity contribution < 1.29 is 9.53 Å². The summed E-state index contributed by atoms with van der Waals surface area (Å²) in [6.07, 6.45) is 2.53. The third-order valence-electron chi connectivity index (χ3n) is 4.14. The molecule has 0 bridgehead atoms. The highest BCUT2D eigenvalue weighted by atomic mass is 16.5. The predicted octanol–water partition coefficient (Wildman–Crippen LogP) is 3.15. The van der Waals surface area contributed by atoms with E-state index in [0.717, 1.165) is 24.9 Å². The summed E-state index contributed by atoms with van der Waals surface area (Å²) >= 11 is 0. The van der Waals surface area contributed by atoms with Crippen LogP contribution in [0.25, 0.3) is 0 Å². The second kappa shape index (κ2) is 7.88. The van der Waals surface area contributed by atoms with E-state index >= 15 is 0 Å². The summed E-state index contributed by atoms with van der Waals surface area (Å²) in [5, 5.41) is 14.2. The number of aryl methyl sites for hydroxylation is 1. The molecule has 24 heavy (non-hydrogen) atoms. The van der Waals surface area contributed by atoms with Crippen LogP contribution in [0, 0.1) is 5.92 Å². The van der Waals surface area contributed by atoms with E-state index in [2.05, 4.69) is 39.9 Å². The molecule has 0 unspecified atom stereocenters. The van der Waals surface area contributed by atoms with Gasteiger partial charge in [-0.3, -0.25) is 4.79 Å². The highest BCUT2D eigenvalue weighted by Crippen LogP contribution is 2.18. The average molecular weight is 326 g/mol. The van der Waals surface area contributed by atoms with E-state index in [1.54, 1.807) is 12.1 Å². The van der Waals surface area contributed by atoms with Crippen LogP contribution in [0.3, 0.4) is 0 Å². The van der Waals surface area contributed by atoms with Crippen LogP contribution < -0.4 is 10.6 Å². The lowest BCUT2D eigenvalue weighted by atomic mass is 9.99. The number of nitrogens with zero attached hydrogens (tertiary/aromatic N) is 2. The zero-order chi connectivity index (χ0) is 16.8. The Balaban J connectivity index is 1.57. The zero-order valence-corrected chi connectivity index (χ0v) is 13.8. The lowest BCUT2D eigenvalue weighted by Crippen LogP contribution is -2.28. The van der Waals surface area contributed by atoms with Gasteiger partial charge in [-0.05, 0) is 49.1 Å². The maximum Gasteiger partial charge on any atom is 0.228 e. The Bertz CT molecular complexity index is 664. The molecule has 6 heteroatoms. The molecule has 6 nitrogen and oxygen atoms in total. The molecule has 1 aliphatic heterocycles. The van der Waals surface area contributed by atoms with E-state index in [1.165, 1.54) is 5.56 Å². The van der Waals surface area contributed by atoms with Gasteiger partial charge in [0.05, 0.1) is 0 Å². The topological polar surface area (TPSA) is 76.1 Å². The standard InChI is InChI=1S/C18H22N4O2/c1-2-13-3-5-15(6-4-13)19-16-7-8-17(22-21-16)20-18(23)14-9-11-24-12-10-14/h3-8,14H,2,9-12H2,1H3,(H,19,21)(H,20,22,23). The molecule has 1 aliphatic rings. The maximum atomic E-state index is 12.2. The molecule has 1 amide bonds. The molecule has 0 atom stereocenters. The Labute approximate surface area is 141 Å². The minimum absolute atomic E-state index is 0.00423. The van der Waals surface area contributed by atoms with Crippen LogP contribution in [-0.2, 0) is 16.0 Å². The Kier molecular flexibility index (Phi) is 5.38. The van der Waals surface area contributed by atoms with Gasteiger partial charge in [0.15, 0.2) is 11.6 Å². The fourth-order valence-electron chi connectivity index (χ4n) is 2.63. The van der Waals surface area contributed by atoms with E-state index in [9.17, 15) is 4.79 Å². The van der Waals surface area contributed by atoms with Crippen molar-refractivity contribution in [3.05, 3.63) is 42.0 Å². The molecule has 0 spiro atoms. The van der Waals surface area contributed by atoms with Gasteiger partial charge in [0.1, 0.15) is 0 Å². The molecular weight excluding hydrogens is 304 g/mol. The van der Waals surface area contributed by atoms with Crippen LogP contribution in [0.2, 0.25) is 0 Å². The number of ether oxygens (including phenoxy) is 1. The Morgan fingerprint density at radius 2 is 1.75 bits per heavy atom. The van der Waals surface area contributed by atoms with E-state index in [0.29, 0.717) is 24.8 Å². The second-order valence-electron chi connectivity index (χ2n) is 5.86. The maximum absolute atomic E-state index is 12.2. The molecule has 2 heterocycles. The summed E-state index contributed by atoms with van der Waals surface area (Å²) in [6.45, 7) is 3.41. The SMILES string of the molecule is CCc1ccc(Nc2ccc(NC(=O)C3CCOCC3)nn2)cc1. The Morgan fingerprint density at radius 3 is 2.38 bits per heavy atom. The summed E-state index contributed by atoms with van der Waals surface area (Å²) in [6, 6.07) is 11.8. The fourth-order valence-corrected chi connectivity index (χ4v) is 2.63. The first-order valence-electron chi connectivity index (χ1n) is 8.33. The molecule has 1 aromatic carbocycles. The van der Waals surface area contributed by atoms with Crippen molar-refractivity contribution in [1.82, 2.24) is 10.2 Å². The Morgan fingerprint density at radius 1 is 1.08 bits per heavy atom. The number of carbonyl (C=O) groups is 1. The largest absolute Gasteiger partial charge is 0.381 e. The van der Waals surface area contributed by atoms with Crippen molar-refractivity contribution in [2.45, 2.75) is 26.2 Å². The van der Waals surface area contributed by atoms with E-state index in [-0.39, 0.29) is 11.8 Å². The lowest BCUT2D eigenvalue weighted by molar-refractivity contribution is -0.122. The molecule has 1 saturated heterocycles. The van der Waals surface area contributed by atoms with Gasteiger partial charge in [0, 0.05) is 24.8 Å². The minimum atomic E-state index is -0.0107. The van der Waals surface area contributed by atoms with Crippen LogP contribution in [0.4, 0.5) is 17.3 Å². The first-order valence-corrected chi connectivity index (χ1v) is 8.33. The molecule has 0 radical (unpaired) electrons. The molecule has 0 saturated carbocycles. The third kappa shape index (κ3) is 4.29. The minimum Gasteiger partial charge on any atom is -0.381 e. The van der Waals surface area contributed by atoms with Gasteiger partial charge in [0.25, 0.3) is 0 Å². The van der Waals surface area contributed by atoms with E-state index in [1.807, 2.05) is 12.1 Å². The second-order valence-corrected chi connectivity index (χ2v) is 5.86. The number of rotatable bonds is 5. The number of hydrogen-bond donors (Lipinski definition) is 2. The molecule has 2 N–H and O–H groups in total. The number of anilines is 3. The highest BCUT2D eigenvalue weighted by molar-refractivity contribution is 5.91. The van der Waals surface area contributed by atoms with Gasteiger partial charge in [-0.15, -0.1) is 10.2 Å². The predicted molar refractivity (Wildman–Crippen MR) is 93.3 cm³/mol. The average Bonchev–Trinajstić information content (AvgIpc) is 2.65. The number of carbonyl (C=O) groups excluding carboxylic acids is 1. The van der Waals surface area contributed by atoms with Crippen molar-refractivity contribution in [3.8, 4) is 0 Å². The number of hydrogen-bond acceptors (Lipinski definition) is 5. The highest BCUT2D eigenvalue weighted by Gasteiger charge is 2.21. The summed E-state index contributed by atoms with van der Waals surface area (Å²) < 4.78 is 5.27. The first-order chi connectivity index (χ1) is 11.7. The van der Waals surface area contributed by atoms with Gasteiger partial charge in [-0.2, -0.15) is 0 Å². The van der Waals surface area contributed by atoms with Crippen LogP contribution in [0.1, 0.15) is 25.3 Å². The van der Waals surface area contributed by atoms with Gasteiger partial charge in [-0.25, -0.2) is 0 Å². The van der Waals surface area contributed by atoms with Crippen LogP contribution in [0.15, 0.2) is 36.4 Å². The first kappa shape index (κ1) is 16.4. The monoisotopic (exact) mass is 326 g/mol. The van der Waals surface area contributed by atoms with Crippen LogP contribution in [-0.4, -0.2) is 29.3 Å². The quantitative estimate of drug-likeness (QED) is 0.883. The van der Waals surface area contributed by atoms with Crippen molar-refractivity contribution in [3.63, 3.8) is 0 Å². The van der Waals surface area contributed by atoms with E-state index in [4.69, 9.17) is 4.74 Å². The van der Waals surface area contributed by atoms with Gasteiger partial charge >= 0.3 is 0 Å². The summed E-state index contributed by atoms with van der Waals surface area (Å²) in [7, 11) is 0. The number of aromatic nitrogens is 2. The molecule has 3 rings (SSSR count). The summed E-state index contributed by atoms with van der Waals surface area (Å²) in [5.41, 5.74) is 2.25. The smallest absolute Gasteiger partial charge is 0.228 e. The summed E-state index contributed by atoms with van der Waals surface area (Å²) in [5.74, 6) is 1.10. The van der Waals surface area contributed by atoms with E-state index < -0.39 is 0 Å². The van der Waals surface area contributed by atoms with Crippen LogP contribution in [0.5, 0.6) is 0 Å². The lowest BCUT2D eigenvalue weighted by Gasteiger charge is -2.20. The van der Waals surface area contributed by atoms with Gasteiger partial charge < -0.3 is 15.4 Å². The number of nitrogens with one attached hydrogen (secondary N) is 2. The molecule has 1 aromatic heterocycles. The van der Waals surface area contributed by atoms with Crippen LogP contribution >= 0.6 is 0 Å². The van der Waals surface area contributed by atoms with Crippen molar-refractivity contribution >= 4 is 23.2 Å². The molecule has 2 aromatic rings. The molecule has 1 fully saturated rings. The van der Waals surface area contributed by atoms with Gasteiger partial charge in [0.2, 0.25) is 5.91 Å².